The number of esters is 1. The number of halogens is 9. The molecule has 21 heavy (non-hydrogen) atoms. The molecule has 2 nitrogen and oxygen atoms in total. The van der Waals surface area contributed by atoms with Crippen LogP contribution >= 0.6 is 0 Å². The predicted octanol–water partition coefficient (Wildman–Crippen LogP) is 3.96. The second-order valence-electron chi connectivity index (χ2n) is 3.83. The Morgan fingerprint density at radius 3 is 1.81 bits per heavy atom. The zero-order valence-corrected chi connectivity index (χ0v) is 10.1. The summed E-state index contributed by atoms with van der Waals surface area (Å²) in [5.74, 6) is -20.3. The van der Waals surface area contributed by atoms with Gasteiger partial charge in [0, 0.05) is 12.5 Å². The highest BCUT2D eigenvalue weighted by Gasteiger charge is 2.81. The second-order valence-corrected chi connectivity index (χ2v) is 3.83. The van der Waals surface area contributed by atoms with Gasteiger partial charge in [0.1, 0.15) is 0 Å². The summed E-state index contributed by atoms with van der Waals surface area (Å²) in [4.78, 5) is 10.5. The zero-order chi connectivity index (χ0) is 17.1. The molecule has 0 aliphatic heterocycles. The summed E-state index contributed by atoms with van der Waals surface area (Å²) in [5.41, 5.74) is 0. The van der Waals surface area contributed by atoms with Gasteiger partial charge in [0.2, 0.25) is 0 Å². The smallest absolute Gasteiger partial charge is 0.460 e. The Hall–Kier alpha value is -1.42. The number of rotatable bonds is 7. The van der Waals surface area contributed by atoms with Crippen LogP contribution in [0.2, 0.25) is 0 Å². The van der Waals surface area contributed by atoms with E-state index in [1.165, 1.54) is 0 Å². The van der Waals surface area contributed by atoms with E-state index in [9.17, 15) is 44.3 Å². The van der Waals surface area contributed by atoms with Gasteiger partial charge in [0.25, 0.3) is 0 Å². The van der Waals surface area contributed by atoms with Crippen LogP contribution in [-0.4, -0.2) is 36.5 Å². The van der Waals surface area contributed by atoms with Gasteiger partial charge in [-0.15, -0.1) is 0 Å². The molecule has 0 heterocycles. The Morgan fingerprint density at radius 1 is 0.952 bits per heavy atom. The van der Waals surface area contributed by atoms with E-state index in [1.807, 2.05) is 0 Å². The minimum absolute atomic E-state index is 0.616. The van der Waals surface area contributed by atoms with E-state index >= 15 is 0 Å². The number of ether oxygens (including phenoxy) is 1. The third kappa shape index (κ3) is 4.03. The molecule has 0 saturated carbocycles. The summed E-state index contributed by atoms with van der Waals surface area (Å²) in [5, 5.41) is 0. The van der Waals surface area contributed by atoms with Gasteiger partial charge in [-0.1, -0.05) is 6.58 Å². The SMILES string of the molecule is C=CC(=O)OCCCC(F)(F)C(F)(F)C(F)(F)C(F)(F)F. The maximum Gasteiger partial charge on any atom is 0.460 e. The van der Waals surface area contributed by atoms with E-state index in [0.29, 0.717) is 6.08 Å². The summed E-state index contributed by atoms with van der Waals surface area (Å²) in [7, 11) is 0. The van der Waals surface area contributed by atoms with Crippen molar-refractivity contribution in [3.8, 4) is 0 Å². The van der Waals surface area contributed by atoms with Crippen LogP contribution in [0, 0.1) is 0 Å². The molecule has 0 atom stereocenters. The van der Waals surface area contributed by atoms with Gasteiger partial charge in [-0.05, 0) is 6.42 Å². The lowest BCUT2D eigenvalue weighted by Crippen LogP contribution is -2.60. The van der Waals surface area contributed by atoms with Gasteiger partial charge < -0.3 is 4.74 Å². The van der Waals surface area contributed by atoms with Crippen LogP contribution in [0.25, 0.3) is 0 Å². The molecule has 0 amide bonds. The molecule has 0 aliphatic rings. The van der Waals surface area contributed by atoms with Gasteiger partial charge >= 0.3 is 29.9 Å². The first-order valence-electron chi connectivity index (χ1n) is 5.20. The molecule has 124 valence electrons. The van der Waals surface area contributed by atoms with Gasteiger partial charge in [-0.25, -0.2) is 4.79 Å². The van der Waals surface area contributed by atoms with Crippen molar-refractivity contribution >= 4 is 5.97 Å². The standard InChI is InChI=1S/C10H9F9O2/c1-2-6(20)21-5-3-4-7(11,12)8(13,14)9(15,16)10(17,18)19/h2H,1,3-5H2. The van der Waals surface area contributed by atoms with Crippen molar-refractivity contribution in [2.75, 3.05) is 6.61 Å². The van der Waals surface area contributed by atoms with Gasteiger partial charge in [0.05, 0.1) is 6.61 Å². The maximum atomic E-state index is 12.9. The van der Waals surface area contributed by atoms with Crippen molar-refractivity contribution in [1.29, 1.82) is 0 Å². The molecule has 11 heteroatoms. The molecule has 0 radical (unpaired) electrons. The minimum atomic E-state index is -6.90. The topological polar surface area (TPSA) is 26.3 Å². The Kier molecular flexibility index (Phi) is 5.73. The molecule has 0 bridgehead atoms. The summed E-state index contributed by atoms with van der Waals surface area (Å²) in [6.07, 6.45) is -9.30. The van der Waals surface area contributed by atoms with Crippen LogP contribution in [0.1, 0.15) is 12.8 Å². The van der Waals surface area contributed by atoms with E-state index in [2.05, 4.69) is 11.3 Å². The van der Waals surface area contributed by atoms with Crippen molar-refractivity contribution in [2.24, 2.45) is 0 Å². The maximum absolute atomic E-state index is 12.9. The quantitative estimate of drug-likeness (QED) is 0.305. The molecule has 0 aromatic carbocycles. The highest BCUT2D eigenvalue weighted by molar-refractivity contribution is 5.81. The van der Waals surface area contributed by atoms with Crippen molar-refractivity contribution in [2.45, 2.75) is 36.8 Å². The number of alkyl halides is 9. The van der Waals surface area contributed by atoms with E-state index in [1.54, 1.807) is 0 Å². The van der Waals surface area contributed by atoms with E-state index in [0.717, 1.165) is 0 Å². The molecular weight excluding hydrogens is 323 g/mol. The highest BCUT2D eigenvalue weighted by Crippen LogP contribution is 2.54. The van der Waals surface area contributed by atoms with E-state index in [4.69, 9.17) is 0 Å². The summed E-state index contributed by atoms with van der Waals surface area (Å²) in [6, 6.07) is 0. The number of hydrogen-bond donors (Lipinski definition) is 0. The molecule has 0 aliphatic carbocycles. The molecule has 0 saturated heterocycles. The second kappa shape index (κ2) is 6.14. The molecule has 0 rings (SSSR count). The molecule has 0 spiro atoms. The lowest BCUT2D eigenvalue weighted by molar-refractivity contribution is -0.396. The Morgan fingerprint density at radius 2 is 1.43 bits per heavy atom. The third-order valence-corrected chi connectivity index (χ3v) is 2.26. The lowest BCUT2D eigenvalue weighted by Gasteiger charge is -2.33. The average Bonchev–Trinajstić information content (AvgIpc) is 2.32. The Bertz CT molecular complexity index is 386. The molecule has 0 fully saturated rings. The Balaban J connectivity index is 4.88. The minimum Gasteiger partial charge on any atom is -0.463 e. The number of carbonyl (C=O) groups is 1. The molecule has 0 N–H and O–H groups in total. The van der Waals surface area contributed by atoms with Crippen molar-refractivity contribution < 1.29 is 49.0 Å². The molecular formula is C10H9F9O2. The van der Waals surface area contributed by atoms with Gasteiger partial charge in [-0.3, -0.25) is 0 Å². The fourth-order valence-corrected chi connectivity index (χ4v) is 1.09. The fourth-order valence-electron chi connectivity index (χ4n) is 1.09. The van der Waals surface area contributed by atoms with E-state index < -0.39 is 49.4 Å². The van der Waals surface area contributed by atoms with Crippen molar-refractivity contribution in [3.05, 3.63) is 12.7 Å². The van der Waals surface area contributed by atoms with Crippen LogP contribution < -0.4 is 0 Å². The lowest BCUT2D eigenvalue weighted by atomic mass is 10.00. The first kappa shape index (κ1) is 19.6. The summed E-state index contributed by atoms with van der Waals surface area (Å²) in [6.45, 7) is 2.05. The molecule has 0 aromatic rings. The van der Waals surface area contributed by atoms with Crippen LogP contribution in [0.15, 0.2) is 12.7 Å². The normalized spacial score (nSPS) is 14.0. The first-order chi connectivity index (χ1) is 9.20. The number of carbonyl (C=O) groups excluding carboxylic acids is 1. The largest absolute Gasteiger partial charge is 0.463 e. The van der Waals surface area contributed by atoms with Crippen molar-refractivity contribution in [1.82, 2.24) is 0 Å². The monoisotopic (exact) mass is 332 g/mol. The highest BCUT2D eigenvalue weighted by atomic mass is 19.4. The average molecular weight is 332 g/mol. The Labute approximate surface area is 112 Å². The summed E-state index contributed by atoms with van der Waals surface area (Å²) < 4.78 is 116. The van der Waals surface area contributed by atoms with Crippen LogP contribution in [0.5, 0.6) is 0 Å². The van der Waals surface area contributed by atoms with Crippen molar-refractivity contribution in [3.63, 3.8) is 0 Å². The summed E-state index contributed by atoms with van der Waals surface area (Å²) >= 11 is 0. The van der Waals surface area contributed by atoms with Crippen LogP contribution in [0.3, 0.4) is 0 Å². The van der Waals surface area contributed by atoms with E-state index in [-0.39, 0.29) is 0 Å². The van der Waals surface area contributed by atoms with Gasteiger partial charge in [0.15, 0.2) is 0 Å². The molecule has 0 aromatic heterocycles. The van der Waals surface area contributed by atoms with Crippen LogP contribution in [-0.2, 0) is 9.53 Å². The zero-order valence-electron chi connectivity index (χ0n) is 10.1. The fraction of sp³-hybridized carbons (Fsp3) is 0.700. The van der Waals surface area contributed by atoms with Crippen LogP contribution in [0.4, 0.5) is 39.5 Å². The first-order valence-corrected chi connectivity index (χ1v) is 5.20. The third-order valence-electron chi connectivity index (χ3n) is 2.26. The number of hydrogen-bond acceptors (Lipinski definition) is 2. The predicted molar refractivity (Wildman–Crippen MR) is 51.3 cm³/mol. The van der Waals surface area contributed by atoms with Gasteiger partial charge in [-0.2, -0.15) is 39.5 Å². The molecule has 0 unspecified atom stereocenters.